The fraction of sp³-hybridized carbons (Fsp3) is 0.435. The molecule has 14 heteroatoms. The largest absolute Gasteiger partial charge is 0.433 e. The number of sulfone groups is 1. The number of nitrogens with one attached hydrogen (secondary N) is 2. The van der Waals surface area contributed by atoms with Crippen LogP contribution in [0.2, 0.25) is 5.15 Å². The van der Waals surface area contributed by atoms with E-state index in [0.717, 1.165) is 29.1 Å². The third-order valence-corrected chi connectivity index (χ3v) is 8.09. The van der Waals surface area contributed by atoms with Crippen LogP contribution in [0.5, 0.6) is 0 Å². The number of halogens is 5. The Kier molecular flexibility index (Phi) is 7.39. The molecule has 200 valence electrons. The molecule has 1 aromatic carbocycles. The zero-order chi connectivity index (χ0) is 27.1. The second-order valence-electron chi connectivity index (χ2n) is 9.13. The topological polar surface area (TPSA) is 106 Å². The number of carbonyl (C=O) groups is 1. The van der Waals surface area contributed by atoms with Gasteiger partial charge in [-0.15, -0.1) is 0 Å². The molecule has 0 saturated heterocycles. The molecule has 3 aromatic rings. The highest BCUT2D eigenvalue weighted by molar-refractivity contribution is 7.90. The quantitative estimate of drug-likeness (QED) is 0.412. The SMILES string of the molecule is C[C@H](n1cc(C(=O)N[C@@H]2CCC[C@H](Nc3cc(C(F)(F)F)nc4ccc(F)cc34)C2)c(Cl)n1)S(C)(=O)=O. The van der Waals surface area contributed by atoms with Crippen molar-refractivity contribution in [1.29, 1.82) is 0 Å². The van der Waals surface area contributed by atoms with Crippen LogP contribution in [-0.4, -0.2) is 47.4 Å². The van der Waals surface area contributed by atoms with Crippen LogP contribution in [0.4, 0.5) is 23.2 Å². The Morgan fingerprint density at radius 2 is 1.92 bits per heavy atom. The highest BCUT2D eigenvalue weighted by atomic mass is 35.5. The molecule has 3 atom stereocenters. The van der Waals surface area contributed by atoms with Gasteiger partial charge in [-0.25, -0.2) is 17.8 Å². The first-order chi connectivity index (χ1) is 17.2. The minimum absolute atomic E-state index is 0.00867. The van der Waals surface area contributed by atoms with Gasteiger partial charge in [-0.05, 0) is 56.9 Å². The molecule has 4 rings (SSSR count). The molecule has 8 nitrogen and oxygen atoms in total. The van der Waals surface area contributed by atoms with Crippen LogP contribution in [-0.2, 0) is 16.0 Å². The third-order valence-electron chi connectivity index (χ3n) is 6.35. The average molecular weight is 562 g/mol. The second kappa shape index (κ2) is 10.1. The lowest BCUT2D eigenvalue weighted by Gasteiger charge is -2.31. The summed E-state index contributed by atoms with van der Waals surface area (Å²) in [6, 6.07) is 3.60. The molecule has 0 aliphatic heterocycles. The van der Waals surface area contributed by atoms with Gasteiger partial charge in [0.25, 0.3) is 5.91 Å². The van der Waals surface area contributed by atoms with E-state index in [-0.39, 0.29) is 39.4 Å². The molecule has 0 radical (unpaired) electrons. The maximum atomic E-state index is 13.9. The molecule has 2 N–H and O–H groups in total. The van der Waals surface area contributed by atoms with Crippen LogP contribution < -0.4 is 10.6 Å². The van der Waals surface area contributed by atoms with Gasteiger partial charge in [0.05, 0.1) is 11.1 Å². The fourth-order valence-corrected chi connectivity index (χ4v) is 5.02. The molecule has 2 aromatic heterocycles. The van der Waals surface area contributed by atoms with E-state index in [1.165, 1.54) is 19.2 Å². The average Bonchev–Trinajstić information content (AvgIpc) is 3.19. The van der Waals surface area contributed by atoms with Crippen molar-refractivity contribution in [3.8, 4) is 0 Å². The number of benzene rings is 1. The van der Waals surface area contributed by atoms with Gasteiger partial charge < -0.3 is 10.6 Å². The zero-order valence-corrected chi connectivity index (χ0v) is 21.4. The van der Waals surface area contributed by atoms with Crippen LogP contribution in [0.15, 0.2) is 30.5 Å². The number of pyridine rings is 1. The number of rotatable bonds is 6. The summed E-state index contributed by atoms with van der Waals surface area (Å²) in [5.41, 5.74) is -0.968. The number of hydrogen-bond acceptors (Lipinski definition) is 6. The molecule has 1 fully saturated rings. The molecule has 1 amide bonds. The second-order valence-corrected chi connectivity index (χ2v) is 11.8. The van der Waals surface area contributed by atoms with Gasteiger partial charge in [0.2, 0.25) is 0 Å². The predicted molar refractivity (Wildman–Crippen MR) is 131 cm³/mol. The van der Waals surface area contributed by atoms with Gasteiger partial charge in [0, 0.05) is 35.6 Å². The maximum absolute atomic E-state index is 13.9. The number of fused-ring (bicyclic) bond motifs is 1. The van der Waals surface area contributed by atoms with E-state index in [2.05, 4.69) is 20.7 Å². The number of aromatic nitrogens is 3. The molecule has 1 aliphatic carbocycles. The molecule has 1 aliphatic rings. The first-order valence-electron chi connectivity index (χ1n) is 11.4. The minimum Gasteiger partial charge on any atom is -0.382 e. The zero-order valence-electron chi connectivity index (χ0n) is 19.8. The summed E-state index contributed by atoms with van der Waals surface area (Å²) in [6.45, 7) is 1.41. The van der Waals surface area contributed by atoms with Crippen LogP contribution in [0.1, 0.15) is 54.0 Å². The van der Waals surface area contributed by atoms with Crippen molar-refractivity contribution in [3.63, 3.8) is 0 Å². The summed E-state index contributed by atoms with van der Waals surface area (Å²) in [7, 11) is -3.48. The van der Waals surface area contributed by atoms with E-state index in [4.69, 9.17) is 11.6 Å². The smallest absolute Gasteiger partial charge is 0.382 e. The Bertz CT molecular complexity index is 1440. The molecular formula is C23H24ClF4N5O3S. The van der Waals surface area contributed by atoms with E-state index >= 15 is 0 Å². The van der Waals surface area contributed by atoms with Crippen LogP contribution >= 0.6 is 11.6 Å². The number of alkyl halides is 3. The third kappa shape index (κ3) is 6.15. The van der Waals surface area contributed by atoms with Crippen LogP contribution in [0.3, 0.4) is 0 Å². The summed E-state index contributed by atoms with van der Waals surface area (Å²) in [6.07, 6.45) is -0.0762. The number of anilines is 1. The Labute approximate surface area is 215 Å². The lowest BCUT2D eigenvalue weighted by Crippen LogP contribution is -2.41. The van der Waals surface area contributed by atoms with Crippen LogP contribution in [0.25, 0.3) is 10.9 Å². The lowest BCUT2D eigenvalue weighted by molar-refractivity contribution is -0.140. The van der Waals surface area contributed by atoms with E-state index in [1.807, 2.05) is 0 Å². The van der Waals surface area contributed by atoms with Gasteiger partial charge in [-0.3, -0.25) is 9.48 Å². The van der Waals surface area contributed by atoms with Crippen molar-refractivity contribution in [3.05, 3.63) is 52.7 Å². The van der Waals surface area contributed by atoms with Gasteiger partial charge in [0.15, 0.2) is 15.0 Å². The highest BCUT2D eigenvalue weighted by Crippen LogP contribution is 2.35. The number of hydrogen-bond donors (Lipinski definition) is 2. The first-order valence-corrected chi connectivity index (χ1v) is 13.7. The molecule has 2 heterocycles. The first kappa shape index (κ1) is 27.1. The summed E-state index contributed by atoms with van der Waals surface area (Å²) in [5, 5.41) is 8.91. The Morgan fingerprint density at radius 3 is 2.59 bits per heavy atom. The summed E-state index contributed by atoms with van der Waals surface area (Å²) in [5.74, 6) is -1.15. The number of amides is 1. The molecule has 0 bridgehead atoms. The monoisotopic (exact) mass is 561 g/mol. The Hall–Kier alpha value is -2.93. The predicted octanol–water partition coefficient (Wildman–Crippen LogP) is 4.96. The van der Waals surface area contributed by atoms with E-state index in [0.29, 0.717) is 25.7 Å². The van der Waals surface area contributed by atoms with Crippen molar-refractivity contribution in [2.24, 2.45) is 0 Å². The van der Waals surface area contributed by atoms with Gasteiger partial charge in [-0.2, -0.15) is 18.3 Å². The van der Waals surface area contributed by atoms with E-state index in [1.54, 1.807) is 0 Å². The van der Waals surface area contributed by atoms with E-state index in [9.17, 15) is 30.8 Å². The van der Waals surface area contributed by atoms with Crippen molar-refractivity contribution in [2.45, 2.75) is 56.2 Å². The van der Waals surface area contributed by atoms with Crippen molar-refractivity contribution < 1.29 is 30.8 Å². The Morgan fingerprint density at radius 1 is 1.22 bits per heavy atom. The van der Waals surface area contributed by atoms with E-state index < -0.39 is 38.8 Å². The highest BCUT2D eigenvalue weighted by Gasteiger charge is 2.34. The standard InChI is InChI=1S/C23H24ClF4N5O3S/c1-12(37(2,35)36)33-11-17(21(24)32-33)22(34)30-15-5-3-4-14(9-15)29-19-10-20(23(26,27)28)31-18-7-6-13(25)8-16(18)19/h6-8,10-12,14-15H,3-5,9H2,1-2H3,(H,29,31)(H,30,34)/t12-,14+,15-/m1/s1. The summed E-state index contributed by atoms with van der Waals surface area (Å²) in [4.78, 5) is 16.5. The lowest BCUT2D eigenvalue weighted by atomic mass is 9.90. The van der Waals surface area contributed by atoms with Crippen molar-refractivity contribution >= 4 is 43.9 Å². The Balaban J connectivity index is 1.51. The number of nitrogens with zero attached hydrogens (tertiary/aromatic N) is 3. The molecule has 1 saturated carbocycles. The van der Waals surface area contributed by atoms with Crippen molar-refractivity contribution in [2.75, 3.05) is 11.6 Å². The number of carbonyl (C=O) groups excluding carboxylic acids is 1. The van der Waals surface area contributed by atoms with Gasteiger partial charge in [-0.1, -0.05) is 11.6 Å². The normalized spacial score (nSPS) is 19.5. The molecule has 0 spiro atoms. The summed E-state index contributed by atoms with van der Waals surface area (Å²) >= 11 is 6.08. The van der Waals surface area contributed by atoms with Crippen molar-refractivity contribution in [1.82, 2.24) is 20.1 Å². The molecular weight excluding hydrogens is 538 g/mol. The van der Waals surface area contributed by atoms with Gasteiger partial charge >= 0.3 is 6.18 Å². The van der Waals surface area contributed by atoms with Gasteiger partial charge in [0.1, 0.15) is 16.9 Å². The molecule has 0 unspecified atom stereocenters. The summed E-state index contributed by atoms with van der Waals surface area (Å²) < 4.78 is 78.8. The van der Waals surface area contributed by atoms with Crippen LogP contribution in [0, 0.1) is 5.82 Å². The molecule has 37 heavy (non-hydrogen) atoms. The minimum atomic E-state index is -4.68. The fourth-order valence-electron chi connectivity index (χ4n) is 4.30. The maximum Gasteiger partial charge on any atom is 0.433 e.